The predicted molar refractivity (Wildman–Crippen MR) is 53.2 cm³/mol. The van der Waals surface area contributed by atoms with Gasteiger partial charge in [0.1, 0.15) is 0 Å². The van der Waals surface area contributed by atoms with Gasteiger partial charge in [-0.2, -0.15) is 5.10 Å². The van der Waals surface area contributed by atoms with Gasteiger partial charge in [-0.15, -0.1) is 0 Å². The van der Waals surface area contributed by atoms with Crippen molar-refractivity contribution in [1.29, 1.82) is 0 Å². The molecule has 1 aromatic heterocycles. The van der Waals surface area contributed by atoms with Crippen LogP contribution < -0.4 is 11.1 Å². The SMILES string of the molecule is CC(N)C(C)C(=O)NCc1cn[nH]c1. The third-order valence-electron chi connectivity index (χ3n) is 2.22. The van der Waals surface area contributed by atoms with Crippen molar-refractivity contribution in [2.75, 3.05) is 0 Å². The summed E-state index contributed by atoms with van der Waals surface area (Å²) < 4.78 is 0. The summed E-state index contributed by atoms with van der Waals surface area (Å²) in [7, 11) is 0. The van der Waals surface area contributed by atoms with E-state index in [1.165, 1.54) is 0 Å². The van der Waals surface area contributed by atoms with Gasteiger partial charge in [0.15, 0.2) is 0 Å². The number of aromatic amines is 1. The molecule has 0 aromatic carbocycles. The molecule has 2 atom stereocenters. The van der Waals surface area contributed by atoms with E-state index in [0.29, 0.717) is 6.54 Å². The average molecular weight is 196 g/mol. The third-order valence-corrected chi connectivity index (χ3v) is 2.22. The van der Waals surface area contributed by atoms with Crippen LogP contribution in [0.4, 0.5) is 0 Å². The number of nitrogens with two attached hydrogens (primary N) is 1. The predicted octanol–water partition coefficient (Wildman–Crippen LogP) is 0.00920. The van der Waals surface area contributed by atoms with E-state index in [4.69, 9.17) is 5.73 Å². The number of carbonyl (C=O) groups is 1. The molecule has 14 heavy (non-hydrogen) atoms. The van der Waals surface area contributed by atoms with Crippen molar-refractivity contribution >= 4 is 5.91 Å². The number of amides is 1. The number of rotatable bonds is 4. The molecule has 5 heteroatoms. The van der Waals surface area contributed by atoms with Crippen molar-refractivity contribution in [3.05, 3.63) is 18.0 Å². The normalized spacial score (nSPS) is 14.8. The Hall–Kier alpha value is -1.36. The van der Waals surface area contributed by atoms with Gasteiger partial charge in [0.05, 0.1) is 6.20 Å². The Morgan fingerprint density at radius 2 is 2.43 bits per heavy atom. The summed E-state index contributed by atoms with van der Waals surface area (Å²) in [5.74, 6) is -0.192. The van der Waals surface area contributed by atoms with Crippen LogP contribution in [0.3, 0.4) is 0 Å². The second-order valence-electron chi connectivity index (χ2n) is 3.47. The molecule has 1 heterocycles. The Morgan fingerprint density at radius 3 is 2.93 bits per heavy atom. The number of nitrogens with zero attached hydrogens (tertiary/aromatic N) is 1. The molecule has 78 valence electrons. The van der Waals surface area contributed by atoms with E-state index in [1.54, 1.807) is 12.4 Å². The Labute approximate surface area is 83.1 Å². The summed E-state index contributed by atoms with van der Waals surface area (Å²) in [6.07, 6.45) is 3.42. The number of aromatic nitrogens is 2. The van der Waals surface area contributed by atoms with Crippen molar-refractivity contribution in [2.45, 2.75) is 26.4 Å². The first kappa shape index (κ1) is 10.7. The van der Waals surface area contributed by atoms with Crippen LogP contribution in [0.2, 0.25) is 0 Å². The Kier molecular flexibility index (Phi) is 3.64. The highest BCUT2D eigenvalue weighted by Gasteiger charge is 2.16. The summed E-state index contributed by atoms with van der Waals surface area (Å²) >= 11 is 0. The van der Waals surface area contributed by atoms with E-state index < -0.39 is 0 Å². The number of H-pyrrole nitrogens is 1. The van der Waals surface area contributed by atoms with Crippen LogP contribution in [0.1, 0.15) is 19.4 Å². The Morgan fingerprint density at radius 1 is 1.71 bits per heavy atom. The van der Waals surface area contributed by atoms with Gasteiger partial charge < -0.3 is 11.1 Å². The smallest absolute Gasteiger partial charge is 0.224 e. The fourth-order valence-corrected chi connectivity index (χ4v) is 0.963. The maximum Gasteiger partial charge on any atom is 0.224 e. The molecule has 0 aliphatic heterocycles. The zero-order valence-corrected chi connectivity index (χ0v) is 8.45. The highest BCUT2D eigenvalue weighted by molar-refractivity contribution is 5.78. The lowest BCUT2D eigenvalue weighted by Gasteiger charge is -2.14. The lowest BCUT2D eigenvalue weighted by atomic mass is 10.0. The second-order valence-corrected chi connectivity index (χ2v) is 3.47. The minimum Gasteiger partial charge on any atom is -0.352 e. The fourth-order valence-electron chi connectivity index (χ4n) is 0.963. The fraction of sp³-hybridized carbons (Fsp3) is 0.556. The van der Waals surface area contributed by atoms with Gasteiger partial charge in [-0.25, -0.2) is 0 Å². The Balaban J connectivity index is 2.35. The van der Waals surface area contributed by atoms with Crippen molar-refractivity contribution in [3.63, 3.8) is 0 Å². The monoisotopic (exact) mass is 196 g/mol. The lowest BCUT2D eigenvalue weighted by molar-refractivity contribution is -0.125. The third kappa shape index (κ3) is 2.85. The largest absolute Gasteiger partial charge is 0.352 e. The molecular formula is C9H16N4O. The van der Waals surface area contributed by atoms with E-state index >= 15 is 0 Å². The van der Waals surface area contributed by atoms with Crippen LogP contribution in [0.25, 0.3) is 0 Å². The molecule has 0 bridgehead atoms. The summed E-state index contributed by atoms with van der Waals surface area (Å²) in [5, 5.41) is 9.25. The lowest BCUT2D eigenvalue weighted by Crippen LogP contribution is -2.38. The number of nitrogens with one attached hydrogen (secondary N) is 2. The highest BCUT2D eigenvalue weighted by Crippen LogP contribution is 2.00. The minimum absolute atomic E-state index is 0.0267. The molecule has 0 saturated carbocycles. The summed E-state index contributed by atoms with van der Waals surface area (Å²) in [6.45, 7) is 4.13. The maximum atomic E-state index is 11.5. The van der Waals surface area contributed by atoms with Crippen LogP contribution >= 0.6 is 0 Å². The molecule has 0 aliphatic rings. The quantitative estimate of drug-likeness (QED) is 0.634. The minimum atomic E-state index is -0.165. The molecule has 0 aliphatic carbocycles. The summed E-state index contributed by atoms with van der Waals surface area (Å²) in [5.41, 5.74) is 6.56. The average Bonchev–Trinajstić information content (AvgIpc) is 2.65. The van der Waals surface area contributed by atoms with Crippen molar-refractivity contribution < 1.29 is 4.79 Å². The number of carbonyl (C=O) groups excluding carboxylic acids is 1. The van der Waals surface area contributed by atoms with Gasteiger partial charge in [0, 0.05) is 30.3 Å². The molecule has 0 saturated heterocycles. The first-order valence-electron chi connectivity index (χ1n) is 4.62. The first-order chi connectivity index (χ1) is 6.61. The first-order valence-corrected chi connectivity index (χ1v) is 4.62. The highest BCUT2D eigenvalue weighted by atomic mass is 16.1. The van der Waals surface area contributed by atoms with Crippen LogP contribution in [0.5, 0.6) is 0 Å². The van der Waals surface area contributed by atoms with Crippen LogP contribution in [-0.4, -0.2) is 22.1 Å². The molecule has 2 unspecified atom stereocenters. The molecular weight excluding hydrogens is 180 g/mol. The van der Waals surface area contributed by atoms with Crippen molar-refractivity contribution in [1.82, 2.24) is 15.5 Å². The second kappa shape index (κ2) is 4.76. The number of hydrogen-bond acceptors (Lipinski definition) is 3. The zero-order valence-electron chi connectivity index (χ0n) is 8.45. The summed E-state index contributed by atoms with van der Waals surface area (Å²) in [4.78, 5) is 11.5. The van der Waals surface area contributed by atoms with Gasteiger partial charge in [0.2, 0.25) is 5.91 Å². The standard InChI is InChI=1S/C9H16N4O/c1-6(7(2)10)9(14)11-3-8-4-12-13-5-8/h4-7H,3,10H2,1-2H3,(H,11,14)(H,12,13). The molecule has 4 N–H and O–H groups in total. The molecule has 0 spiro atoms. The van der Waals surface area contributed by atoms with E-state index in [-0.39, 0.29) is 17.9 Å². The Bertz CT molecular complexity index is 281. The van der Waals surface area contributed by atoms with Crippen LogP contribution in [-0.2, 0) is 11.3 Å². The van der Waals surface area contributed by atoms with E-state index in [1.807, 2.05) is 13.8 Å². The summed E-state index contributed by atoms with van der Waals surface area (Å²) in [6, 6.07) is -0.126. The molecule has 0 radical (unpaired) electrons. The molecule has 0 fully saturated rings. The van der Waals surface area contributed by atoms with E-state index in [0.717, 1.165) is 5.56 Å². The van der Waals surface area contributed by atoms with E-state index in [2.05, 4.69) is 15.5 Å². The van der Waals surface area contributed by atoms with Gasteiger partial charge in [-0.1, -0.05) is 6.92 Å². The zero-order chi connectivity index (χ0) is 10.6. The van der Waals surface area contributed by atoms with Gasteiger partial charge in [-0.05, 0) is 6.92 Å². The molecule has 1 rings (SSSR count). The van der Waals surface area contributed by atoms with Crippen molar-refractivity contribution in [3.8, 4) is 0 Å². The molecule has 1 aromatic rings. The van der Waals surface area contributed by atoms with E-state index in [9.17, 15) is 4.79 Å². The number of hydrogen-bond donors (Lipinski definition) is 3. The maximum absolute atomic E-state index is 11.5. The van der Waals surface area contributed by atoms with Gasteiger partial charge in [-0.3, -0.25) is 9.89 Å². The van der Waals surface area contributed by atoms with Gasteiger partial charge >= 0.3 is 0 Å². The van der Waals surface area contributed by atoms with Crippen LogP contribution in [0, 0.1) is 5.92 Å². The molecule has 1 amide bonds. The molecule has 5 nitrogen and oxygen atoms in total. The van der Waals surface area contributed by atoms with Crippen molar-refractivity contribution in [2.24, 2.45) is 11.7 Å². The van der Waals surface area contributed by atoms with Gasteiger partial charge in [0.25, 0.3) is 0 Å². The van der Waals surface area contributed by atoms with Crippen LogP contribution in [0.15, 0.2) is 12.4 Å². The topological polar surface area (TPSA) is 83.8 Å².